The summed E-state index contributed by atoms with van der Waals surface area (Å²) >= 11 is 0. The maximum absolute atomic E-state index is 4.19. The molecule has 0 saturated carbocycles. The molecule has 5 heteroatoms. The van der Waals surface area contributed by atoms with Gasteiger partial charge in [0, 0.05) is 43.9 Å². The summed E-state index contributed by atoms with van der Waals surface area (Å²) in [7, 11) is 2.06. The van der Waals surface area contributed by atoms with Crippen molar-refractivity contribution in [3.05, 3.63) is 110 Å². The van der Waals surface area contributed by atoms with Crippen molar-refractivity contribution in [3.8, 4) is 11.4 Å². The van der Waals surface area contributed by atoms with Crippen molar-refractivity contribution in [2.75, 3.05) is 16.8 Å². The molecule has 0 atom stereocenters. The Hall–Kier alpha value is -3.01. The van der Waals surface area contributed by atoms with Crippen LogP contribution in [-0.2, 0) is 20.1 Å². The van der Waals surface area contributed by atoms with Crippen LogP contribution in [0.2, 0.25) is 0 Å². The van der Waals surface area contributed by atoms with E-state index in [1.807, 2.05) is 54.6 Å². The Labute approximate surface area is 185 Å². The number of para-hydroxylation sites is 3. The van der Waals surface area contributed by atoms with Gasteiger partial charge in [0.15, 0.2) is 0 Å². The van der Waals surface area contributed by atoms with Crippen LogP contribution in [0.4, 0.5) is 17.1 Å². The molecule has 4 nitrogen and oxygen atoms in total. The van der Waals surface area contributed by atoms with Gasteiger partial charge < -0.3 is 9.80 Å². The molecular weight excluding hydrogens is 537 g/mol. The molecule has 0 fully saturated rings. The Morgan fingerprint density at radius 2 is 1.31 bits per heavy atom. The monoisotopic (exact) mass is 557 g/mol. The van der Waals surface area contributed by atoms with Crippen LogP contribution in [0.1, 0.15) is 0 Å². The van der Waals surface area contributed by atoms with E-state index in [2.05, 4.69) is 69.9 Å². The summed E-state index contributed by atoms with van der Waals surface area (Å²) in [5.41, 5.74) is 5.32. The van der Waals surface area contributed by atoms with E-state index in [-0.39, 0.29) is 20.1 Å². The van der Waals surface area contributed by atoms with E-state index in [1.165, 1.54) is 11.4 Å². The van der Waals surface area contributed by atoms with Crippen LogP contribution in [0.5, 0.6) is 0 Å². The summed E-state index contributed by atoms with van der Waals surface area (Å²) in [6.45, 7) is 2.08. The average Bonchev–Trinajstić information content (AvgIpc) is 3.13. The third kappa shape index (κ3) is 4.89. The number of hydrogen-bond donors (Lipinski definition) is 0. The minimum absolute atomic E-state index is 0. The number of rotatable bonds is 2. The van der Waals surface area contributed by atoms with Gasteiger partial charge in [-0.25, -0.2) is 0 Å². The fraction of sp³-hybridized carbons (Fsp3) is 0.0417. The number of benzene rings is 2. The van der Waals surface area contributed by atoms with Gasteiger partial charge in [0.2, 0.25) is 0 Å². The van der Waals surface area contributed by atoms with Crippen molar-refractivity contribution >= 4 is 17.1 Å². The number of pyridine rings is 2. The molecule has 2 aromatic carbocycles. The number of hydrogen-bond acceptors (Lipinski definition) is 4. The van der Waals surface area contributed by atoms with Crippen LogP contribution in [0.3, 0.4) is 0 Å². The van der Waals surface area contributed by atoms with Gasteiger partial charge in [-0.1, -0.05) is 24.3 Å². The summed E-state index contributed by atoms with van der Waals surface area (Å²) in [4.78, 5) is 12.6. The predicted molar refractivity (Wildman–Crippen MR) is 114 cm³/mol. The second kappa shape index (κ2) is 9.96. The summed E-state index contributed by atoms with van der Waals surface area (Å²) < 4.78 is 0. The quantitative estimate of drug-likeness (QED) is 0.312. The molecule has 4 aromatic rings. The number of fused-ring (bicyclic) bond motifs is 1. The first-order valence-corrected chi connectivity index (χ1v) is 9.08. The van der Waals surface area contributed by atoms with E-state index in [1.54, 1.807) is 12.4 Å². The zero-order valence-electron chi connectivity index (χ0n) is 15.9. The molecule has 0 bridgehead atoms. The maximum atomic E-state index is 4.19. The van der Waals surface area contributed by atoms with Crippen LogP contribution in [0, 0.1) is 12.7 Å². The molecule has 29 heavy (non-hydrogen) atoms. The average molecular weight is 557 g/mol. The van der Waals surface area contributed by atoms with Crippen molar-refractivity contribution in [1.82, 2.24) is 9.97 Å². The SMILES string of the molecule is CN1[CH-]N(c2[c-]cccc2)c2ccccc21.[Ir].c1ccc(-c2ccccn2)nc1. The molecule has 147 valence electrons. The molecule has 0 unspecified atom stereocenters. The first kappa shape index (κ1) is 20.7. The topological polar surface area (TPSA) is 32.3 Å². The second-order valence-electron chi connectivity index (χ2n) is 6.26. The van der Waals surface area contributed by atoms with Gasteiger partial charge in [0.05, 0.1) is 11.4 Å². The van der Waals surface area contributed by atoms with Crippen molar-refractivity contribution in [3.63, 3.8) is 0 Å². The molecule has 1 aliphatic heterocycles. The smallest absolute Gasteiger partial charge is 0.0886 e. The zero-order valence-corrected chi connectivity index (χ0v) is 18.3. The minimum atomic E-state index is 0. The standard InChI is InChI=1S/C14H12N2.C10H8N2.Ir/c1-15-11-16(12-7-3-2-4-8-12)14-10-6-5-9-13(14)15;1-3-7-11-9(5-1)10-6-2-4-8-12-10;/h2-7,9-11H,1H3;1-8H;/q-2;;. The Balaban J connectivity index is 0.000000167. The van der Waals surface area contributed by atoms with E-state index in [4.69, 9.17) is 0 Å². The molecule has 1 radical (unpaired) electrons. The minimum Gasteiger partial charge on any atom is -0.504 e. The summed E-state index contributed by atoms with van der Waals surface area (Å²) in [6, 6.07) is 31.2. The normalized spacial score (nSPS) is 11.8. The molecule has 1 aliphatic rings. The van der Waals surface area contributed by atoms with Crippen molar-refractivity contribution in [1.29, 1.82) is 0 Å². The summed E-state index contributed by atoms with van der Waals surface area (Å²) in [6.07, 6.45) is 3.54. The number of nitrogens with zero attached hydrogens (tertiary/aromatic N) is 4. The Bertz CT molecular complexity index is 973. The molecule has 0 amide bonds. The Morgan fingerprint density at radius 3 is 1.86 bits per heavy atom. The van der Waals surface area contributed by atoms with Crippen LogP contribution in [0.25, 0.3) is 11.4 Å². The Morgan fingerprint density at radius 1 is 0.724 bits per heavy atom. The van der Waals surface area contributed by atoms with Crippen LogP contribution in [0.15, 0.2) is 97.3 Å². The summed E-state index contributed by atoms with van der Waals surface area (Å²) in [5.74, 6) is 0. The van der Waals surface area contributed by atoms with Gasteiger partial charge in [-0.05, 0) is 43.4 Å². The molecule has 0 saturated heterocycles. The summed E-state index contributed by atoms with van der Waals surface area (Å²) in [5, 5.41) is 0. The van der Waals surface area contributed by atoms with E-state index >= 15 is 0 Å². The molecule has 2 aromatic heterocycles. The van der Waals surface area contributed by atoms with E-state index in [9.17, 15) is 0 Å². The third-order valence-corrected chi connectivity index (χ3v) is 4.35. The maximum Gasteiger partial charge on any atom is 0.0886 e. The van der Waals surface area contributed by atoms with Gasteiger partial charge in [-0.2, -0.15) is 37.0 Å². The fourth-order valence-corrected chi connectivity index (χ4v) is 3.02. The van der Waals surface area contributed by atoms with E-state index in [0.29, 0.717) is 0 Å². The van der Waals surface area contributed by atoms with Gasteiger partial charge in [0.25, 0.3) is 0 Å². The molecular formula is C24H20IrN4-2. The molecule has 0 aliphatic carbocycles. The number of anilines is 3. The van der Waals surface area contributed by atoms with Crippen LogP contribution < -0.4 is 9.80 Å². The number of aromatic nitrogens is 2. The van der Waals surface area contributed by atoms with Crippen molar-refractivity contribution in [2.24, 2.45) is 0 Å². The van der Waals surface area contributed by atoms with Crippen LogP contribution in [-0.4, -0.2) is 17.0 Å². The first-order valence-electron chi connectivity index (χ1n) is 9.08. The van der Waals surface area contributed by atoms with Gasteiger partial charge >= 0.3 is 0 Å². The third-order valence-electron chi connectivity index (χ3n) is 4.35. The zero-order chi connectivity index (χ0) is 19.2. The van der Waals surface area contributed by atoms with Gasteiger partial charge in [-0.3, -0.25) is 9.97 Å². The molecule has 3 heterocycles. The van der Waals surface area contributed by atoms with Crippen molar-refractivity contribution < 1.29 is 20.1 Å². The Kier molecular flexibility index (Phi) is 7.12. The van der Waals surface area contributed by atoms with Gasteiger partial charge in [-0.15, -0.1) is 5.69 Å². The molecule has 0 spiro atoms. The second-order valence-corrected chi connectivity index (χ2v) is 6.26. The van der Waals surface area contributed by atoms with E-state index < -0.39 is 0 Å². The van der Waals surface area contributed by atoms with Crippen LogP contribution >= 0.6 is 0 Å². The van der Waals surface area contributed by atoms with E-state index in [0.717, 1.165) is 17.1 Å². The van der Waals surface area contributed by atoms with Crippen molar-refractivity contribution in [2.45, 2.75) is 0 Å². The first-order chi connectivity index (χ1) is 13.8. The largest absolute Gasteiger partial charge is 0.504 e. The van der Waals surface area contributed by atoms with Gasteiger partial charge in [0.1, 0.15) is 0 Å². The fourth-order valence-electron chi connectivity index (χ4n) is 3.02. The molecule has 0 N–H and O–H groups in total. The predicted octanol–water partition coefficient (Wildman–Crippen LogP) is 5.34. The molecule has 5 rings (SSSR count).